The Morgan fingerprint density at radius 1 is 1.29 bits per heavy atom. The molecule has 6 nitrogen and oxygen atoms in total. The van der Waals surface area contributed by atoms with E-state index in [-0.39, 0.29) is 12.3 Å². The molecule has 0 atom stereocenters. The van der Waals surface area contributed by atoms with Gasteiger partial charge in [0.05, 0.1) is 13.1 Å². The van der Waals surface area contributed by atoms with Crippen LogP contribution >= 0.6 is 0 Å². The predicted molar refractivity (Wildman–Crippen MR) is 53.5 cm³/mol. The van der Waals surface area contributed by atoms with Gasteiger partial charge < -0.3 is 10.2 Å². The second kappa shape index (κ2) is 6.33. The van der Waals surface area contributed by atoms with Crippen molar-refractivity contribution < 1.29 is 9.59 Å². The number of ketones is 1. The Labute approximate surface area is 84.0 Å². The molecule has 0 bridgehead atoms. The van der Waals surface area contributed by atoms with Crippen molar-refractivity contribution in [1.82, 2.24) is 15.2 Å². The predicted octanol–water partition coefficient (Wildman–Crippen LogP) is -0.978. The summed E-state index contributed by atoms with van der Waals surface area (Å²) >= 11 is 0. The van der Waals surface area contributed by atoms with E-state index < -0.39 is 6.03 Å². The molecule has 0 aromatic rings. The standard InChI is InChI=1S/C8H18N4O2/c1-7(13)6-10-8(14)12(9)5-4-11(2)3/h4-6,9H2,1-3H3,(H,10,14). The highest BCUT2D eigenvalue weighted by molar-refractivity contribution is 5.83. The number of urea groups is 1. The molecule has 0 aromatic carbocycles. The third-order valence-electron chi connectivity index (χ3n) is 1.54. The van der Waals surface area contributed by atoms with Gasteiger partial charge in [0.2, 0.25) is 0 Å². The minimum atomic E-state index is -0.429. The van der Waals surface area contributed by atoms with Crippen molar-refractivity contribution in [3.8, 4) is 0 Å². The molecule has 0 aliphatic rings. The molecular formula is C8H18N4O2. The zero-order valence-corrected chi connectivity index (χ0v) is 8.91. The van der Waals surface area contributed by atoms with E-state index in [1.54, 1.807) is 0 Å². The van der Waals surface area contributed by atoms with Crippen LogP contribution in [0.15, 0.2) is 0 Å². The van der Waals surface area contributed by atoms with Crippen molar-refractivity contribution in [3.05, 3.63) is 0 Å². The number of nitrogens with two attached hydrogens (primary N) is 1. The number of hydrazine groups is 1. The fraction of sp³-hybridized carbons (Fsp3) is 0.750. The summed E-state index contributed by atoms with van der Waals surface area (Å²) in [4.78, 5) is 23.6. The SMILES string of the molecule is CC(=O)CNC(=O)N(N)CCN(C)C. The molecule has 0 saturated heterocycles. The van der Waals surface area contributed by atoms with Crippen LogP contribution in [0.3, 0.4) is 0 Å². The van der Waals surface area contributed by atoms with Crippen molar-refractivity contribution in [1.29, 1.82) is 0 Å². The van der Waals surface area contributed by atoms with E-state index >= 15 is 0 Å². The van der Waals surface area contributed by atoms with Gasteiger partial charge in [-0.2, -0.15) is 0 Å². The average molecular weight is 202 g/mol. The van der Waals surface area contributed by atoms with Gasteiger partial charge in [-0.05, 0) is 21.0 Å². The number of hydrogen-bond acceptors (Lipinski definition) is 4. The summed E-state index contributed by atoms with van der Waals surface area (Å²) in [5.41, 5.74) is 0. The molecule has 3 N–H and O–H groups in total. The van der Waals surface area contributed by atoms with Gasteiger partial charge in [0.15, 0.2) is 0 Å². The maximum atomic E-state index is 11.2. The number of Topliss-reactive ketones (excluding diaryl/α,β-unsaturated/α-hetero) is 1. The Morgan fingerprint density at radius 2 is 1.86 bits per heavy atom. The normalized spacial score (nSPS) is 10.1. The van der Waals surface area contributed by atoms with E-state index in [1.807, 2.05) is 19.0 Å². The van der Waals surface area contributed by atoms with Gasteiger partial charge in [0.25, 0.3) is 0 Å². The van der Waals surface area contributed by atoms with Crippen molar-refractivity contribution in [3.63, 3.8) is 0 Å². The van der Waals surface area contributed by atoms with Gasteiger partial charge in [0, 0.05) is 6.54 Å². The largest absolute Gasteiger partial charge is 0.331 e. The van der Waals surface area contributed by atoms with Crippen LogP contribution in [0.25, 0.3) is 0 Å². The quantitative estimate of drug-likeness (QED) is 0.341. The third kappa shape index (κ3) is 6.38. The lowest BCUT2D eigenvalue weighted by molar-refractivity contribution is -0.116. The van der Waals surface area contributed by atoms with Crippen LogP contribution < -0.4 is 11.2 Å². The summed E-state index contributed by atoms with van der Waals surface area (Å²) in [6.07, 6.45) is 0. The van der Waals surface area contributed by atoms with Crippen molar-refractivity contribution in [2.75, 3.05) is 33.7 Å². The van der Waals surface area contributed by atoms with Gasteiger partial charge in [0.1, 0.15) is 5.78 Å². The minimum Gasteiger partial charge on any atom is -0.330 e. The number of likely N-dealkylation sites (N-methyl/N-ethyl adjacent to an activating group) is 1. The van der Waals surface area contributed by atoms with Crippen molar-refractivity contribution in [2.24, 2.45) is 5.84 Å². The number of carbonyl (C=O) groups excluding carboxylic acids is 2. The van der Waals surface area contributed by atoms with E-state index in [2.05, 4.69) is 5.32 Å². The van der Waals surface area contributed by atoms with E-state index in [4.69, 9.17) is 5.84 Å². The lowest BCUT2D eigenvalue weighted by Crippen LogP contribution is -2.48. The van der Waals surface area contributed by atoms with Crippen LogP contribution in [0, 0.1) is 0 Å². The average Bonchev–Trinajstić information content (AvgIpc) is 2.09. The van der Waals surface area contributed by atoms with E-state index in [9.17, 15) is 9.59 Å². The van der Waals surface area contributed by atoms with Crippen LogP contribution in [0.4, 0.5) is 4.79 Å². The number of hydrogen-bond donors (Lipinski definition) is 2. The molecule has 0 aliphatic heterocycles. The number of nitrogens with zero attached hydrogens (tertiary/aromatic N) is 2. The first-order valence-corrected chi connectivity index (χ1v) is 4.37. The van der Waals surface area contributed by atoms with Gasteiger partial charge in [-0.25, -0.2) is 10.6 Å². The summed E-state index contributed by atoms with van der Waals surface area (Å²) in [7, 11) is 3.78. The lowest BCUT2D eigenvalue weighted by Gasteiger charge is -2.19. The van der Waals surface area contributed by atoms with Crippen LogP contribution in [0.1, 0.15) is 6.92 Å². The molecule has 0 rings (SSSR count). The van der Waals surface area contributed by atoms with Gasteiger partial charge in [-0.3, -0.25) is 9.80 Å². The van der Waals surface area contributed by atoms with Crippen molar-refractivity contribution in [2.45, 2.75) is 6.92 Å². The molecular weight excluding hydrogens is 184 g/mol. The zero-order chi connectivity index (χ0) is 11.1. The Kier molecular flexibility index (Phi) is 5.82. The smallest absolute Gasteiger partial charge is 0.330 e. The fourth-order valence-corrected chi connectivity index (χ4v) is 0.711. The molecule has 0 aliphatic carbocycles. The third-order valence-corrected chi connectivity index (χ3v) is 1.54. The first kappa shape index (κ1) is 12.9. The molecule has 0 radical (unpaired) electrons. The van der Waals surface area contributed by atoms with Crippen molar-refractivity contribution >= 4 is 11.8 Å². The first-order valence-electron chi connectivity index (χ1n) is 4.37. The Hall–Kier alpha value is -1.14. The number of amides is 2. The summed E-state index contributed by atoms with van der Waals surface area (Å²) in [5.74, 6) is 5.34. The van der Waals surface area contributed by atoms with E-state index in [0.717, 1.165) is 5.01 Å². The number of rotatable bonds is 5. The Bertz CT molecular complexity index is 206. The monoisotopic (exact) mass is 202 g/mol. The molecule has 82 valence electrons. The lowest BCUT2D eigenvalue weighted by atomic mass is 10.4. The van der Waals surface area contributed by atoms with E-state index in [1.165, 1.54) is 6.92 Å². The molecule has 0 fully saturated rings. The molecule has 0 unspecified atom stereocenters. The zero-order valence-electron chi connectivity index (χ0n) is 8.91. The topological polar surface area (TPSA) is 78.7 Å². The summed E-state index contributed by atoms with van der Waals surface area (Å²) in [6.45, 7) is 2.54. The molecule has 0 saturated carbocycles. The Balaban J connectivity index is 3.70. The maximum absolute atomic E-state index is 11.2. The minimum absolute atomic E-state index is 0.0223. The second-order valence-corrected chi connectivity index (χ2v) is 3.36. The van der Waals surface area contributed by atoms with Crippen LogP contribution in [0.5, 0.6) is 0 Å². The number of carbonyl (C=O) groups is 2. The fourth-order valence-electron chi connectivity index (χ4n) is 0.711. The summed E-state index contributed by atoms with van der Waals surface area (Å²) in [6, 6.07) is -0.429. The molecule has 0 spiro atoms. The van der Waals surface area contributed by atoms with E-state index in [0.29, 0.717) is 13.1 Å². The summed E-state index contributed by atoms with van der Waals surface area (Å²) in [5, 5.41) is 3.46. The van der Waals surface area contributed by atoms with Crippen LogP contribution in [0.2, 0.25) is 0 Å². The summed E-state index contributed by atoms with van der Waals surface area (Å²) < 4.78 is 0. The molecule has 2 amide bonds. The second-order valence-electron chi connectivity index (χ2n) is 3.36. The highest BCUT2D eigenvalue weighted by Gasteiger charge is 2.08. The Morgan fingerprint density at radius 3 is 2.29 bits per heavy atom. The molecule has 0 heterocycles. The highest BCUT2D eigenvalue weighted by Crippen LogP contribution is 1.82. The first-order chi connectivity index (χ1) is 6.43. The van der Waals surface area contributed by atoms with Gasteiger partial charge >= 0.3 is 6.03 Å². The number of nitrogens with one attached hydrogen (secondary N) is 1. The molecule has 0 aromatic heterocycles. The van der Waals surface area contributed by atoms with Gasteiger partial charge in [-0.1, -0.05) is 0 Å². The molecule has 14 heavy (non-hydrogen) atoms. The molecule has 6 heteroatoms. The van der Waals surface area contributed by atoms with Crippen LogP contribution in [-0.2, 0) is 4.79 Å². The van der Waals surface area contributed by atoms with Crippen LogP contribution in [-0.4, -0.2) is 55.5 Å². The highest BCUT2D eigenvalue weighted by atomic mass is 16.2. The maximum Gasteiger partial charge on any atom is 0.331 e. The van der Waals surface area contributed by atoms with Gasteiger partial charge in [-0.15, -0.1) is 0 Å².